The lowest BCUT2D eigenvalue weighted by Gasteiger charge is -2.20. The fourth-order valence-electron chi connectivity index (χ4n) is 2.01. The summed E-state index contributed by atoms with van der Waals surface area (Å²) in [6.07, 6.45) is 3.54. The molecule has 0 aliphatic carbocycles. The van der Waals surface area contributed by atoms with Gasteiger partial charge in [0.15, 0.2) is 0 Å². The number of rotatable bonds is 3. The average Bonchev–Trinajstić information content (AvgIpc) is 2.55. The Morgan fingerprint density at radius 1 is 1.56 bits per heavy atom. The molecule has 1 atom stereocenters. The highest BCUT2D eigenvalue weighted by Gasteiger charge is 2.25. The highest BCUT2D eigenvalue weighted by atomic mass is 32.2. The lowest BCUT2D eigenvalue weighted by atomic mass is 10.0. The molecule has 18 heavy (non-hydrogen) atoms. The zero-order valence-corrected chi connectivity index (χ0v) is 11.1. The van der Waals surface area contributed by atoms with Crippen LogP contribution in [0.25, 0.3) is 0 Å². The first-order valence-electron chi connectivity index (χ1n) is 5.85. The summed E-state index contributed by atoms with van der Waals surface area (Å²) < 4.78 is 30.1. The van der Waals surface area contributed by atoms with E-state index in [9.17, 15) is 8.42 Å². The van der Waals surface area contributed by atoms with E-state index in [1.54, 1.807) is 6.20 Å². The Kier molecular flexibility index (Phi) is 4.26. The Labute approximate surface area is 107 Å². The van der Waals surface area contributed by atoms with Crippen LogP contribution in [0.5, 0.6) is 0 Å². The van der Waals surface area contributed by atoms with Gasteiger partial charge in [0, 0.05) is 25.2 Å². The Morgan fingerprint density at radius 2 is 2.39 bits per heavy atom. The van der Waals surface area contributed by atoms with Crippen LogP contribution in [0.4, 0.5) is 0 Å². The van der Waals surface area contributed by atoms with Gasteiger partial charge in [-0.25, -0.2) is 8.42 Å². The molecule has 1 aliphatic heterocycles. The minimum atomic E-state index is -3.16. The zero-order chi connectivity index (χ0) is 13.0. The fraction of sp³-hybridized carbons (Fsp3) is 0.636. The summed E-state index contributed by atoms with van der Waals surface area (Å²) in [5.74, 6) is 0.124. The van der Waals surface area contributed by atoms with Crippen molar-refractivity contribution in [3.63, 3.8) is 0 Å². The maximum Gasteiger partial charge on any atom is 0.211 e. The van der Waals surface area contributed by atoms with E-state index < -0.39 is 10.0 Å². The van der Waals surface area contributed by atoms with Crippen LogP contribution in [0.3, 0.4) is 0 Å². The molecule has 100 valence electrons. The molecule has 0 saturated carbocycles. The lowest BCUT2D eigenvalue weighted by Crippen LogP contribution is -2.35. The summed E-state index contributed by atoms with van der Waals surface area (Å²) in [5, 5.41) is 7.84. The van der Waals surface area contributed by atoms with Crippen LogP contribution in [-0.4, -0.2) is 55.5 Å². The molecule has 7 heteroatoms. The van der Waals surface area contributed by atoms with E-state index in [1.165, 1.54) is 10.6 Å². The average molecular weight is 271 g/mol. The second-order valence-corrected chi connectivity index (χ2v) is 6.46. The van der Waals surface area contributed by atoms with E-state index >= 15 is 0 Å². The lowest BCUT2D eigenvalue weighted by molar-refractivity contribution is 0.122. The molecule has 6 nitrogen and oxygen atoms in total. The number of hydrogen-bond donors (Lipinski definition) is 0. The molecule has 1 aliphatic rings. The maximum absolute atomic E-state index is 11.6. The van der Waals surface area contributed by atoms with Gasteiger partial charge >= 0.3 is 0 Å². The van der Waals surface area contributed by atoms with Crippen LogP contribution >= 0.6 is 0 Å². The number of aromatic nitrogens is 2. The van der Waals surface area contributed by atoms with Crippen molar-refractivity contribution in [3.05, 3.63) is 24.0 Å². The molecule has 0 amide bonds. The van der Waals surface area contributed by atoms with Gasteiger partial charge in [0.1, 0.15) is 0 Å². The Morgan fingerprint density at radius 3 is 3.06 bits per heavy atom. The normalized spacial score (nSPS) is 22.6. The predicted octanol–water partition coefficient (Wildman–Crippen LogP) is -0.0729. The SMILES string of the molecule is CS(=O)(=O)N1CCOC[C@H](Cc2cccnn2)C1. The van der Waals surface area contributed by atoms with Crippen molar-refractivity contribution in [3.8, 4) is 0 Å². The van der Waals surface area contributed by atoms with Crippen molar-refractivity contribution in [2.75, 3.05) is 32.6 Å². The van der Waals surface area contributed by atoms with E-state index in [-0.39, 0.29) is 5.92 Å². The van der Waals surface area contributed by atoms with E-state index in [4.69, 9.17) is 4.74 Å². The molecule has 0 aromatic carbocycles. The molecular weight excluding hydrogens is 254 g/mol. The van der Waals surface area contributed by atoms with E-state index in [0.29, 0.717) is 32.7 Å². The van der Waals surface area contributed by atoms with Gasteiger partial charge < -0.3 is 4.74 Å². The van der Waals surface area contributed by atoms with Crippen molar-refractivity contribution < 1.29 is 13.2 Å². The van der Waals surface area contributed by atoms with Gasteiger partial charge in [0.2, 0.25) is 10.0 Å². The van der Waals surface area contributed by atoms with Crippen LogP contribution in [0.15, 0.2) is 18.3 Å². The number of ether oxygens (including phenoxy) is 1. The van der Waals surface area contributed by atoms with Gasteiger partial charge in [0.25, 0.3) is 0 Å². The van der Waals surface area contributed by atoms with Gasteiger partial charge in [-0.1, -0.05) is 0 Å². The molecule has 1 saturated heterocycles. The van der Waals surface area contributed by atoms with E-state index in [2.05, 4.69) is 10.2 Å². The van der Waals surface area contributed by atoms with Crippen molar-refractivity contribution in [1.82, 2.24) is 14.5 Å². The number of nitrogens with zero attached hydrogens (tertiary/aromatic N) is 3. The van der Waals surface area contributed by atoms with Gasteiger partial charge in [0.05, 0.1) is 25.2 Å². The summed E-state index contributed by atoms with van der Waals surface area (Å²) in [4.78, 5) is 0. The molecule has 1 aromatic heterocycles. The smallest absolute Gasteiger partial charge is 0.211 e. The topological polar surface area (TPSA) is 72.4 Å². The monoisotopic (exact) mass is 271 g/mol. The molecule has 2 rings (SSSR count). The van der Waals surface area contributed by atoms with Crippen LogP contribution < -0.4 is 0 Å². The van der Waals surface area contributed by atoms with Crippen LogP contribution in [-0.2, 0) is 21.2 Å². The quantitative estimate of drug-likeness (QED) is 0.769. The van der Waals surface area contributed by atoms with Gasteiger partial charge in [-0.3, -0.25) is 0 Å². The second-order valence-electron chi connectivity index (χ2n) is 4.48. The highest BCUT2D eigenvalue weighted by Crippen LogP contribution is 2.14. The van der Waals surface area contributed by atoms with Crippen LogP contribution in [0.2, 0.25) is 0 Å². The van der Waals surface area contributed by atoms with Crippen molar-refractivity contribution in [2.24, 2.45) is 5.92 Å². The molecule has 1 aromatic rings. The number of sulfonamides is 1. The molecular formula is C11H17N3O3S. The first-order chi connectivity index (χ1) is 8.55. The summed E-state index contributed by atoms with van der Waals surface area (Å²) in [5.41, 5.74) is 0.862. The van der Waals surface area contributed by atoms with Crippen molar-refractivity contribution in [1.29, 1.82) is 0 Å². The largest absolute Gasteiger partial charge is 0.380 e. The summed E-state index contributed by atoms with van der Waals surface area (Å²) in [6, 6.07) is 3.72. The highest BCUT2D eigenvalue weighted by molar-refractivity contribution is 7.88. The zero-order valence-electron chi connectivity index (χ0n) is 10.3. The summed E-state index contributed by atoms with van der Waals surface area (Å²) in [6.45, 7) is 1.91. The van der Waals surface area contributed by atoms with Crippen molar-refractivity contribution >= 4 is 10.0 Å². The molecule has 0 unspecified atom stereocenters. The van der Waals surface area contributed by atoms with E-state index in [0.717, 1.165) is 5.69 Å². The molecule has 0 N–H and O–H groups in total. The standard InChI is InChI=1S/C11H17N3O3S/c1-18(15,16)14-5-6-17-9-10(8-14)7-11-3-2-4-12-13-11/h2-4,10H,5-9H2,1H3/t10-/m1/s1. The molecule has 0 radical (unpaired) electrons. The Hall–Kier alpha value is -1.05. The maximum atomic E-state index is 11.6. The Bertz CT molecular complexity index is 478. The first-order valence-corrected chi connectivity index (χ1v) is 7.70. The van der Waals surface area contributed by atoms with Gasteiger partial charge in [-0.05, 0) is 18.6 Å². The molecule has 1 fully saturated rings. The summed E-state index contributed by atoms with van der Waals surface area (Å²) in [7, 11) is -3.16. The first kappa shape index (κ1) is 13.4. The third kappa shape index (κ3) is 3.72. The minimum Gasteiger partial charge on any atom is -0.380 e. The van der Waals surface area contributed by atoms with Gasteiger partial charge in [-0.2, -0.15) is 14.5 Å². The summed E-state index contributed by atoms with van der Waals surface area (Å²) >= 11 is 0. The molecule has 2 heterocycles. The van der Waals surface area contributed by atoms with Crippen LogP contribution in [0.1, 0.15) is 5.69 Å². The molecule has 0 bridgehead atoms. The van der Waals surface area contributed by atoms with Crippen molar-refractivity contribution in [2.45, 2.75) is 6.42 Å². The second kappa shape index (κ2) is 5.73. The molecule has 0 spiro atoms. The minimum absolute atomic E-state index is 0.124. The third-order valence-corrected chi connectivity index (χ3v) is 4.16. The van der Waals surface area contributed by atoms with Gasteiger partial charge in [-0.15, -0.1) is 0 Å². The van der Waals surface area contributed by atoms with Crippen LogP contribution in [0, 0.1) is 5.92 Å². The Balaban J connectivity index is 2.04. The fourth-order valence-corrected chi connectivity index (χ4v) is 2.90. The van der Waals surface area contributed by atoms with E-state index in [1.807, 2.05) is 12.1 Å². The number of hydrogen-bond acceptors (Lipinski definition) is 5. The third-order valence-electron chi connectivity index (χ3n) is 2.89. The predicted molar refractivity (Wildman–Crippen MR) is 66.5 cm³/mol.